The molecule has 0 saturated heterocycles. The summed E-state index contributed by atoms with van der Waals surface area (Å²) >= 11 is 0. The quantitative estimate of drug-likeness (QED) is 0.671. The molecular formula is C20H26O. The Bertz CT molecular complexity index is 561. The Morgan fingerprint density at radius 3 is 2.57 bits per heavy atom. The fourth-order valence-corrected chi connectivity index (χ4v) is 3.89. The van der Waals surface area contributed by atoms with Crippen molar-refractivity contribution in [3.63, 3.8) is 0 Å². The van der Waals surface area contributed by atoms with Gasteiger partial charge in [0.25, 0.3) is 0 Å². The van der Waals surface area contributed by atoms with Gasteiger partial charge in [-0.1, -0.05) is 49.2 Å². The van der Waals surface area contributed by atoms with Crippen molar-refractivity contribution < 1.29 is 4.74 Å². The molecule has 0 radical (unpaired) electrons. The molecule has 1 aliphatic heterocycles. The van der Waals surface area contributed by atoms with Crippen LogP contribution in [-0.4, -0.2) is 6.10 Å². The van der Waals surface area contributed by atoms with Gasteiger partial charge < -0.3 is 4.74 Å². The topological polar surface area (TPSA) is 9.23 Å². The smallest absolute Gasteiger partial charge is 0.109 e. The summed E-state index contributed by atoms with van der Waals surface area (Å²) in [6, 6.07) is 10.7. The molecule has 1 fully saturated rings. The van der Waals surface area contributed by atoms with Gasteiger partial charge in [-0.15, -0.1) is 0 Å². The van der Waals surface area contributed by atoms with Gasteiger partial charge in [-0.3, -0.25) is 0 Å². The summed E-state index contributed by atoms with van der Waals surface area (Å²) in [5.41, 5.74) is 7.31. The van der Waals surface area contributed by atoms with Crippen molar-refractivity contribution in [2.75, 3.05) is 0 Å². The maximum absolute atomic E-state index is 6.57. The molecule has 1 aromatic rings. The summed E-state index contributed by atoms with van der Waals surface area (Å²) in [6.45, 7) is 6.76. The highest BCUT2D eigenvalue weighted by atomic mass is 16.5. The lowest BCUT2D eigenvalue weighted by Crippen LogP contribution is -2.30. The Kier molecular flexibility index (Phi) is 4.30. The first-order valence-electron chi connectivity index (χ1n) is 8.32. The molecule has 2 atom stereocenters. The van der Waals surface area contributed by atoms with Crippen molar-refractivity contribution in [1.82, 2.24) is 0 Å². The molecule has 1 saturated carbocycles. The van der Waals surface area contributed by atoms with Gasteiger partial charge in [-0.25, -0.2) is 0 Å². The van der Waals surface area contributed by atoms with Gasteiger partial charge in [-0.05, 0) is 61.8 Å². The molecule has 1 nitrogen and oxygen atoms in total. The van der Waals surface area contributed by atoms with Gasteiger partial charge in [-0.2, -0.15) is 0 Å². The molecule has 3 rings (SSSR count). The Labute approximate surface area is 128 Å². The maximum Gasteiger partial charge on any atom is 0.109 e. The van der Waals surface area contributed by atoms with E-state index in [2.05, 4.69) is 51.1 Å². The highest BCUT2D eigenvalue weighted by Gasteiger charge is 2.35. The van der Waals surface area contributed by atoms with E-state index in [1.54, 1.807) is 11.1 Å². The first kappa shape index (κ1) is 14.6. The van der Waals surface area contributed by atoms with Gasteiger partial charge in [0.1, 0.15) is 6.10 Å². The van der Waals surface area contributed by atoms with E-state index < -0.39 is 0 Å². The highest BCUT2D eigenvalue weighted by molar-refractivity contribution is 5.47. The van der Waals surface area contributed by atoms with Gasteiger partial charge in [0.05, 0.1) is 6.10 Å². The van der Waals surface area contributed by atoms with Crippen LogP contribution in [0.3, 0.4) is 0 Å². The minimum absolute atomic E-state index is 0.123. The second kappa shape index (κ2) is 6.19. The fraction of sp³-hybridized carbons (Fsp3) is 0.500. The van der Waals surface area contributed by atoms with E-state index in [9.17, 15) is 0 Å². The van der Waals surface area contributed by atoms with Crippen molar-refractivity contribution in [3.05, 3.63) is 58.2 Å². The zero-order chi connectivity index (χ0) is 14.8. The number of hydrogen-bond donors (Lipinski definition) is 0. The van der Waals surface area contributed by atoms with Crippen molar-refractivity contribution in [2.24, 2.45) is 0 Å². The molecule has 0 aromatic heterocycles. The molecule has 0 N–H and O–H groups in total. The van der Waals surface area contributed by atoms with E-state index in [4.69, 9.17) is 4.74 Å². The molecular weight excluding hydrogens is 256 g/mol. The Hall–Kier alpha value is -1.34. The Morgan fingerprint density at radius 2 is 1.90 bits per heavy atom. The standard InChI is InChI=1S/C20H26O/c1-4-16-17-12-8-9-13-18(17)21-20(19(16)14(2)3)15-10-6-5-7-11-15/h5-7,10-11,18,20H,4,8-9,12-13H2,1-3H3/t18-,20-/m1/s1. The Balaban J connectivity index is 2.10. The maximum atomic E-state index is 6.57. The molecule has 21 heavy (non-hydrogen) atoms. The third kappa shape index (κ3) is 2.72. The average molecular weight is 282 g/mol. The number of hydrogen-bond acceptors (Lipinski definition) is 1. The summed E-state index contributed by atoms with van der Waals surface area (Å²) < 4.78 is 6.57. The van der Waals surface area contributed by atoms with E-state index in [-0.39, 0.29) is 6.10 Å². The van der Waals surface area contributed by atoms with Crippen LogP contribution in [0.2, 0.25) is 0 Å². The third-order valence-electron chi connectivity index (χ3n) is 4.82. The monoisotopic (exact) mass is 282 g/mol. The highest BCUT2D eigenvalue weighted by Crippen LogP contribution is 2.46. The minimum Gasteiger partial charge on any atom is -0.361 e. The lowest BCUT2D eigenvalue weighted by molar-refractivity contribution is 0.00465. The minimum atomic E-state index is 0.123. The number of benzene rings is 1. The third-order valence-corrected chi connectivity index (χ3v) is 4.82. The summed E-state index contributed by atoms with van der Waals surface area (Å²) in [5, 5.41) is 0. The Morgan fingerprint density at radius 1 is 1.14 bits per heavy atom. The molecule has 1 heterocycles. The molecule has 1 aliphatic carbocycles. The number of ether oxygens (including phenoxy) is 1. The van der Waals surface area contributed by atoms with Crippen LogP contribution in [0.5, 0.6) is 0 Å². The van der Waals surface area contributed by atoms with Crippen LogP contribution in [0.4, 0.5) is 0 Å². The number of fused-ring (bicyclic) bond motifs is 1. The molecule has 1 aromatic carbocycles. The summed E-state index contributed by atoms with van der Waals surface area (Å²) in [7, 11) is 0. The molecule has 1 heteroatoms. The zero-order valence-corrected chi connectivity index (χ0v) is 13.5. The van der Waals surface area contributed by atoms with E-state index in [0.29, 0.717) is 6.10 Å². The lowest BCUT2D eigenvalue weighted by Gasteiger charge is -2.39. The molecule has 2 aliphatic rings. The lowest BCUT2D eigenvalue weighted by atomic mass is 9.78. The van der Waals surface area contributed by atoms with E-state index >= 15 is 0 Å². The molecule has 0 amide bonds. The van der Waals surface area contributed by atoms with Gasteiger partial charge in [0.15, 0.2) is 0 Å². The first-order chi connectivity index (χ1) is 10.2. The van der Waals surface area contributed by atoms with Crippen LogP contribution in [0.1, 0.15) is 64.5 Å². The van der Waals surface area contributed by atoms with Crippen LogP contribution < -0.4 is 0 Å². The van der Waals surface area contributed by atoms with Crippen LogP contribution in [0.15, 0.2) is 52.6 Å². The first-order valence-corrected chi connectivity index (χ1v) is 8.32. The molecule has 0 unspecified atom stereocenters. The average Bonchev–Trinajstić information content (AvgIpc) is 2.53. The van der Waals surface area contributed by atoms with Crippen molar-refractivity contribution in [2.45, 2.75) is 65.1 Å². The van der Waals surface area contributed by atoms with Crippen LogP contribution in [-0.2, 0) is 4.74 Å². The summed E-state index contributed by atoms with van der Waals surface area (Å²) in [5.74, 6) is 0. The predicted octanol–water partition coefficient (Wildman–Crippen LogP) is 5.74. The zero-order valence-electron chi connectivity index (χ0n) is 13.5. The van der Waals surface area contributed by atoms with E-state index in [1.165, 1.54) is 42.4 Å². The second-order valence-corrected chi connectivity index (χ2v) is 6.43. The number of allylic oxidation sites excluding steroid dienone is 1. The fourth-order valence-electron chi connectivity index (χ4n) is 3.89. The van der Waals surface area contributed by atoms with Crippen molar-refractivity contribution >= 4 is 0 Å². The van der Waals surface area contributed by atoms with Crippen LogP contribution in [0.25, 0.3) is 0 Å². The molecule has 112 valence electrons. The van der Waals surface area contributed by atoms with Gasteiger partial charge in [0, 0.05) is 0 Å². The van der Waals surface area contributed by atoms with E-state index in [1.807, 2.05) is 0 Å². The summed E-state index contributed by atoms with van der Waals surface area (Å²) in [4.78, 5) is 0. The SMILES string of the molecule is CCC1=C2CCCC[C@H]2O[C@H](c2ccccc2)C1=C(C)C. The van der Waals surface area contributed by atoms with Crippen molar-refractivity contribution in [3.8, 4) is 0 Å². The largest absolute Gasteiger partial charge is 0.361 e. The predicted molar refractivity (Wildman–Crippen MR) is 88.2 cm³/mol. The van der Waals surface area contributed by atoms with E-state index in [0.717, 1.165) is 6.42 Å². The molecule has 0 bridgehead atoms. The number of rotatable bonds is 2. The van der Waals surface area contributed by atoms with Crippen LogP contribution >= 0.6 is 0 Å². The second-order valence-electron chi connectivity index (χ2n) is 6.43. The van der Waals surface area contributed by atoms with Gasteiger partial charge >= 0.3 is 0 Å². The normalized spacial score (nSPS) is 25.8. The van der Waals surface area contributed by atoms with Gasteiger partial charge in [0.2, 0.25) is 0 Å². The molecule has 0 spiro atoms. The van der Waals surface area contributed by atoms with Crippen molar-refractivity contribution in [1.29, 1.82) is 0 Å². The summed E-state index contributed by atoms with van der Waals surface area (Å²) in [6.07, 6.45) is 6.64. The van der Waals surface area contributed by atoms with Crippen LogP contribution in [0, 0.1) is 0 Å².